The number of dihydropyridines is 1. The summed E-state index contributed by atoms with van der Waals surface area (Å²) in [5, 5.41) is 18.8. The summed E-state index contributed by atoms with van der Waals surface area (Å²) < 4.78 is 5.04. The number of oxime groups is 1. The first-order valence-electron chi connectivity index (χ1n) is 11.2. The van der Waals surface area contributed by atoms with E-state index in [2.05, 4.69) is 15.4 Å². The van der Waals surface area contributed by atoms with Gasteiger partial charge in [-0.15, -0.1) is 0 Å². The summed E-state index contributed by atoms with van der Waals surface area (Å²) in [6.45, 7) is 7.72. The second kappa shape index (κ2) is 11.1. The van der Waals surface area contributed by atoms with Crippen LogP contribution in [0.15, 0.2) is 52.0 Å². The van der Waals surface area contributed by atoms with Crippen molar-refractivity contribution in [3.05, 3.63) is 62.5 Å². The number of carbonyl (C=O) groups is 1. The van der Waals surface area contributed by atoms with Gasteiger partial charge in [0.25, 0.3) is 5.69 Å². The molecule has 0 aromatic heterocycles. The number of likely N-dealkylation sites (tertiary alicyclic amines) is 1. The highest BCUT2D eigenvalue weighted by Crippen LogP contribution is 2.40. The average molecular weight is 457 g/mol. The van der Waals surface area contributed by atoms with Crippen LogP contribution in [-0.4, -0.2) is 48.4 Å². The monoisotopic (exact) mass is 456 g/mol. The fourth-order valence-electron chi connectivity index (χ4n) is 4.49. The van der Waals surface area contributed by atoms with E-state index in [4.69, 9.17) is 9.57 Å². The standard InChI is InChI=1S/C24H32N4O5/c1-16-21(11-12-25-33-18(3)27-13-6-5-7-14-27)23(22(17(2)26-16)24(29)32-4)19-9-8-10-20(15-19)28(30)31/h8-10,12,15,18,23,26H,5-7,11,13-14H2,1-4H3. The summed E-state index contributed by atoms with van der Waals surface area (Å²) in [6, 6.07) is 6.36. The molecule has 0 amide bonds. The molecule has 33 heavy (non-hydrogen) atoms. The van der Waals surface area contributed by atoms with Crippen LogP contribution in [0.1, 0.15) is 57.9 Å². The Morgan fingerprint density at radius 1 is 1.30 bits per heavy atom. The number of allylic oxidation sites excluding steroid dienone is 3. The summed E-state index contributed by atoms with van der Waals surface area (Å²) in [4.78, 5) is 31.5. The minimum atomic E-state index is -0.496. The molecule has 0 bridgehead atoms. The number of ether oxygens (including phenoxy) is 1. The predicted octanol–water partition coefficient (Wildman–Crippen LogP) is 4.23. The van der Waals surface area contributed by atoms with Crippen molar-refractivity contribution >= 4 is 17.9 Å². The third kappa shape index (κ3) is 5.78. The number of non-ortho nitro benzene ring substituents is 1. The molecule has 1 aromatic rings. The maximum Gasteiger partial charge on any atom is 0.336 e. The number of methoxy groups -OCH3 is 1. The Bertz CT molecular complexity index is 979. The maximum absolute atomic E-state index is 12.7. The molecule has 2 aliphatic heterocycles. The second-order valence-electron chi connectivity index (χ2n) is 8.38. The Labute approximate surface area is 194 Å². The Balaban J connectivity index is 1.86. The van der Waals surface area contributed by atoms with Crippen LogP contribution < -0.4 is 5.32 Å². The SMILES string of the molecule is COC(=O)C1=C(C)NC(C)=C(CC=NOC(C)N2CCCCC2)C1c1cccc([N+](=O)[O-])c1. The van der Waals surface area contributed by atoms with Crippen LogP contribution in [0, 0.1) is 10.1 Å². The zero-order valence-corrected chi connectivity index (χ0v) is 19.7. The smallest absolute Gasteiger partial charge is 0.336 e. The quantitative estimate of drug-likeness (QED) is 0.270. The van der Waals surface area contributed by atoms with Gasteiger partial charge in [-0.3, -0.25) is 15.0 Å². The van der Waals surface area contributed by atoms with E-state index in [9.17, 15) is 14.9 Å². The third-order valence-electron chi connectivity index (χ3n) is 6.22. The molecule has 1 aromatic carbocycles. The summed E-state index contributed by atoms with van der Waals surface area (Å²) in [7, 11) is 1.33. The zero-order valence-electron chi connectivity index (χ0n) is 19.7. The van der Waals surface area contributed by atoms with E-state index >= 15 is 0 Å². The number of nitrogens with one attached hydrogen (secondary N) is 1. The molecule has 2 atom stereocenters. The molecule has 0 spiro atoms. The molecule has 0 saturated carbocycles. The second-order valence-corrected chi connectivity index (χ2v) is 8.38. The van der Waals surface area contributed by atoms with E-state index in [1.165, 1.54) is 38.5 Å². The van der Waals surface area contributed by atoms with Crippen LogP contribution in [0.3, 0.4) is 0 Å². The van der Waals surface area contributed by atoms with E-state index < -0.39 is 16.8 Å². The summed E-state index contributed by atoms with van der Waals surface area (Å²) in [6.07, 6.45) is 5.57. The van der Waals surface area contributed by atoms with Crippen LogP contribution >= 0.6 is 0 Å². The predicted molar refractivity (Wildman–Crippen MR) is 125 cm³/mol. The first-order valence-corrected chi connectivity index (χ1v) is 11.2. The van der Waals surface area contributed by atoms with Crippen LogP contribution in [0.2, 0.25) is 0 Å². The molecule has 178 valence electrons. The van der Waals surface area contributed by atoms with Gasteiger partial charge in [0.15, 0.2) is 6.23 Å². The Kier molecular flexibility index (Phi) is 8.21. The lowest BCUT2D eigenvalue weighted by atomic mass is 9.79. The average Bonchev–Trinajstić information content (AvgIpc) is 2.82. The van der Waals surface area contributed by atoms with Gasteiger partial charge in [0.2, 0.25) is 0 Å². The van der Waals surface area contributed by atoms with Crippen LogP contribution in [0.25, 0.3) is 0 Å². The van der Waals surface area contributed by atoms with E-state index in [1.807, 2.05) is 13.8 Å². The maximum atomic E-state index is 12.7. The number of esters is 1. The Hall–Kier alpha value is -3.20. The number of nitrogens with zero attached hydrogens (tertiary/aromatic N) is 3. The molecule has 0 aliphatic carbocycles. The minimum Gasteiger partial charge on any atom is -0.466 e. The molecule has 3 rings (SSSR count). The van der Waals surface area contributed by atoms with Gasteiger partial charge in [0.1, 0.15) is 0 Å². The number of piperidine rings is 1. The number of nitro groups is 1. The number of nitro benzene ring substituents is 1. The highest BCUT2D eigenvalue weighted by atomic mass is 16.6. The highest BCUT2D eigenvalue weighted by molar-refractivity contribution is 5.93. The van der Waals surface area contributed by atoms with E-state index in [-0.39, 0.29) is 11.9 Å². The van der Waals surface area contributed by atoms with Crippen molar-refractivity contribution in [2.75, 3.05) is 20.2 Å². The zero-order chi connectivity index (χ0) is 24.0. The molecule has 2 aliphatic rings. The molecule has 2 unspecified atom stereocenters. The Morgan fingerprint density at radius 2 is 2.03 bits per heavy atom. The van der Waals surface area contributed by atoms with Gasteiger partial charge in [-0.05, 0) is 44.7 Å². The summed E-state index contributed by atoms with van der Waals surface area (Å²) in [5.74, 6) is -0.974. The van der Waals surface area contributed by atoms with Crippen molar-refractivity contribution in [1.29, 1.82) is 0 Å². The fourth-order valence-corrected chi connectivity index (χ4v) is 4.49. The lowest BCUT2D eigenvalue weighted by Crippen LogP contribution is -2.38. The fraction of sp³-hybridized carbons (Fsp3) is 0.500. The van der Waals surface area contributed by atoms with Crippen molar-refractivity contribution < 1.29 is 19.3 Å². The summed E-state index contributed by atoms with van der Waals surface area (Å²) >= 11 is 0. The van der Waals surface area contributed by atoms with Crippen molar-refractivity contribution in [2.45, 2.75) is 58.6 Å². The lowest BCUT2D eigenvalue weighted by Gasteiger charge is -2.31. The molecular weight excluding hydrogens is 424 g/mol. The van der Waals surface area contributed by atoms with Gasteiger partial charge in [-0.25, -0.2) is 4.79 Å². The van der Waals surface area contributed by atoms with E-state index in [1.54, 1.807) is 25.3 Å². The van der Waals surface area contributed by atoms with E-state index in [0.717, 1.165) is 24.4 Å². The molecule has 1 fully saturated rings. The number of hydrogen-bond donors (Lipinski definition) is 1. The summed E-state index contributed by atoms with van der Waals surface area (Å²) in [5.41, 5.74) is 3.45. The van der Waals surface area contributed by atoms with Crippen molar-refractivity contribution in [2.24, 2.45) is 5.16 Å². The van der Waals surface area contributed by atoms with Crippen molar-refractivity contribution in [3.8, 4) is 0 Å². The molecule has 9 heteroatoms. The third-order valence-corrected chi connectivity index (χ3v) is 6.22. The normalized spacial score (nSPS) is 20.5. The van der Waals surface area contributed by atoms with Crippen LogP contribution in [0.4, 0.5) is 5.69 Å². The highest BCUT2D eigenvalue weighted by Gasteiger charge is 2.34. The molecule has 9 nitrogen and oxygen atoms in total. The molecule has 1 saturated heterocycles. The molecule has 2 heterocycles. The number of benzene rings is 1. The molecule has 0 radical (unpaired) electrons. The number of rotatable bonds is 8. The van der Waals surface area contributed by atoms with Gasteiger partial charge < -0.3 is 14.9 Å². The topological polar surface area (TPSA) is 106 Å². The van der Waals surface area contributed by atoms with Gasteiger partial charge in [0, 0.05) is 55.2 Å². The van der Waals surface area contributed by atoms with E-state index in [0.29, 0.717) is 23.3 Å². The van der Waals surface area contributed by atoms with Crippen molar-refractivity contribution in [3.63, 3.8) is 0 Å². The largest absolute Gasteiger partial charge is 0.466 e. The number of carbonyl (C=O) groups excluding carboxylic acids is 1. The first-order chi connectivity index (χ1) is 15.8. The van der Waals surface area contributed by atoms with Gasteiger partial charge in [-0.2, -0.15) is 0 Å². The van der Waals surface area contributed by atoms with Gasteiger partial charge >= 0.3 is 5.97 Å². The molecular formula is C24H32N4O5. The molecule has 1 N–H and O–H groups in total. The van der Waals surface area contributed by atoms with Crippen molar-refractivity contribution in [1.82, 2.24) is 10.2 Å². The lowest BCUT2D eigenvalue weighted by molar-refractivity contribution is -0.384. The first kappa shape index (κ1) is 24.4. The van der Waals surface area contributed by atoms with Crippen LogP contribution in [-0.2, 0) is 14.4 Å². The number of hydrogen-bond acceptors (Lipinski definition) is 8. The Morgan fingerprint density at radius 3 is 2.70 bits per heavy atom. The van der Waals surface area contributed by atoms with Gasteiger partial charge in [0.05, 0.1) is 17.6 Å². The van der Waals surface area contributed by atoms with Gasteiger partial charge in [-0.1, -0.05) is 23.7 Å². The van der Waals surface area contributed by atoms with Crippen LogP contribution in [0.5, 0.6) is 0 Å². The minimum absolute atomic E-state index is 0.0303.